The van der Waals surface area contributed by atoms with E-state index in [1.807, 2.05) is 39.5 Å². The molecule has 1 amide bonds. The van der Waals surface area contributed by atoms with Gasteiger partial charge in [0.2, 0.25) is 5.91 Å². The highest BCUT2D eigenvalue weighted by Gasteiger charge is 2.22. The van der Waals surface area contributed by atoms with E-state index in [2.05, 4.69) is 10.3 Å². The molecule has 0 aliphatic heterocycles. The first-order valence-electron chi connectivity index (χ1n) is 8.41. The molecule has 0 radical (unpaired) electrons. The number of carboxylic acid groups (broad SMARTS) is 1. The molecule has 2 N–H and O–H groups in total. The Labute approximate surface area is 147 Å². The standard InChI is InChI=1S/C19H25N3O3/c1-6-22(7-2)16-11-14(17(23)24)13-10-12(8-9-15(13)21-16)20-18(25)19(3,4)5/h8-11H,6-7H2,1-5H3,(H,20,25)(H,23,24). The number of benzene rings is 1. The smallest absolute Gasteiger partial charge is 0.336 e. The van der Waals surface area contributed by atoms with E-state index in [0.29, 0.717) is 22.4 Å². The molecule has 0 unspecified atom stereocenters. The molecule has 1 heterocycles. The van der Waals surface area contributed by atoms with Crippen LogP contribution in [0.4, 0.5) is 11.5 Å². The first-order chi connectivity index (χ1) is 11.7. The zero-order valence-corrected chi connectivity index (χ0v) is 15.4. The van der Waals surface area contributed by atoms with Crippen molar-refractivity contribution in [3.05, 3.63) is 29.8 Å². The summed E-state index contributed by atoms with van der Waals surface area (Å²) in [4.78, 5) is 30.5. The van der Waals surface area contributed by atoms with Gasteiger partial charge in [-0.15, -0.1) is 0 Å². The van der Waals surface area contributed by atoms with E-state index in [0.717, 1.165) is 13.1 Å². The normalized spacial score (nSPS) is 11.4. The first kappa shape index (κ1) is 18.7. The lowest BCUT2D eigenvalue weighted by Crippen LogP contribution is -2.27. The van der Waals surface area contributed by atoms with Crippen LogP contribution in [0.25, 0.3) is 10.9 Å². The third kappa shape index (κ3) is 4.07. The summed E-state index contributed by atoms with van der Waals surface area (Å²) < 4.78 is 0. The number of nitrogens with zero attached hydrogens (tertiary/aromatic N) is 2. The molecule has 0 bridgehead atoms. The lowest BCUT2D eigenvalue weighted by atomic mass is 9.95. The van der Waals surface area contributed by atoms with Crippen molar-refractivity contribution in [2.45, 2.75) is 34.6 Å². The third-order valence-corrected chi connectivity index (χ3v) is 4.05. The molecular formula is C19H25N3O3. The van der Waals surface area contributed by atoms with Crippen LogP contribution in [-0.2, 0) is 4.79 Å². The number of aromatic nitrogens is 1. The van der Waals surface area contributed by atoms with E-state index in [4.69, 9.17) is 0 Å². The fourth-order valence-electron chi connectivity index (χ4n) is 2.49. The number of carboxylic acids is 1. The molecule has 134 valence electrons. The summed E-state index contributed by atoms with van der Waals surface area (Å²) >= 11 is 0. The third-order valence-electron chi connectivity index (χ3n) is 4.05. The minimum absolute atomic E-state index is 0.128. The highest BCUT2D eigenvalue weighted by atomic mass is 16.4. The maximum Gasteiger partial charge on any atom is 0.336 e. The van der Waals surface area contributed by atoms with Gasteiger partial charge in [-0.3, -0.25) is 4.79 Å². The van der Waals surface area contributed by atoms with Crippen LogP contribution in [0.2, 0.25) is 0 Å². The van der Waals surface area contributed by atoms with Crippen LogP contribution in [0, 0.1) is 5.41 Å². The fourth-order valence-corrected chi connectivity index (χ4v) is 2.49. The Kier molecular flexibility index (Phi) is 5.30. The van der Waals surface area contributed by atoms with Crippen LogP contribution in [0.15, 0.2) is 24.3 Å². The van der Waals surface area contributed by atoms with Crippen LogP contribution in [0.1, 0.15) is 45.0 Å². The van der Waals surface area contributed by atoms with Crippen molar-refractivity contribution in [3.63, 3.8) is 0 Å². The number of rotatable bonds is 5. The molecule has 0 aliphatic rings. The highest BCUT2D eigenvalue weighted by molar-refractivity contribution is 6.05. The SMILES string of the molecule is CCN(CC)c1cc(C(=O)O)c2cc(NC(=O)C(C)(C)C)ccc2n1. The Morgan fingerprint density at radius 1 is 1.16 bits per heavy atom. The Bertz CT molecular complexity index is 805. The number of hydrogen-bond acceptors (Lipinski definition) is 4. The van der Waals surface area contributed by atoms with Crippen LogP contribution >= 0.6 is 0 Å². The van der Waals surface area contributed by atoms with Crippen LogP contribution in [0.3, 0.4) is 0 Å². The molecule has 0 spiro atoms. The van der Waals surface area contributed by atoms with Gasteiger partial charge in [-0.1, -0.05) is 20.8 Å². The largest absolute Gasteiger partial charge is 0.478 e. The predicted octanol–water partition coefficient (Wildman–Crippen LogP) is 3.76. The van der Waals surface area contributed by atoms with Gasteiger partial charge in [0.1, 0.15) is 5.82 Å². The number of nitrogens with one attached hydrogen (secondary N) is 1. The summed E-state index contributed by atoms with van der Waals surface area (Å²) in [5, 5.41) is 12.9. The summed E-state index contributed by atoms with van der Waals surface area (Å²) in [7, 11) is 0. The van der Waals surface area contributed by atoms with Gasteiger partial charge in [0.25, 0.3) is 0 Å². The molecule has 0 aliphatic carbocycles. The molecule has 1 aromatic carbocycles. The van der Waals surface area contributed by atoms with E-state index in [1.165, 1.54) is 0 Å². The van der Waals surface area contributed by atoms with Gasteiger partial charge in [-0.2, -0.15) is 0 Å². The maximum absolute atomic E-state index is 12.2. The monoisotopic (exact) mass is 343 g/mol. The van der Waals surface area contributed by atoms with Crippen LogP contribution < -0.4 is 10.2 Å². The Hall–Kier alpha value is -2.63. The second kappa shape index (κ2) is 7.09. The number of fused-ring (bicyclic) bond motifs is 1. The maximum atomic E-state index is 12.2. The number of carbonyl (C=O) groups excluding carboxylic acids is 1. The van der Waals surface area contributed by atoms with E-state index in [1.54, 1.807) is 24.3 Å². The van der Waals surface area contributed by atoms with Crippen molar-refractivity contribution in [2.24, 2.45) is 5.41 Å². The minimum Gasteiger partial charge on any atom is -0.478 e. The minimum atomic E-state index is -1.01. The van der Waals surface area contributed by atoms with Gasteiger partial charge in [-0.25, -0.2) is 9.78 Å². The summed E-state index contributed by atoms with van der Waals surface area (Å²) in [5.74, 6) is -0.502. The second-order valence-electron chi connectivity index (χ2n) is 6.94. The number of anilines is 2. The Morgan fingerprint density at radius 3 is 2.32 bits per heavy atom. The molecule has 25 heavy (non-hydrogen) atoms. The quantitative estimate of drug-likeness (QED) is 0.863. The van der Waals surface area contributed by atoms with E-state index < -0.39 is 11.4 Å². The molecule has 2 aromatic rings. The molecule has 0 atom stereocenters. The number of pyridine rings is 1. The van der Waals surface area contributed by atoms with Crippen molar-refractivity contribution >= 4 is 34.3 Å². The molecule has 1 aromatic heterocycles. The first-order valence-corrected chi connectivity index (χ1v) is 8.41. The average Bonchev–Trinajstić information content (AvgIpc) is 2.54. The van der Waals surface area contributed by atoms with Crippen molar-refractivity contribution in [2.75, 3.05) is 23.3 Å². The predicted molar refractivity (Wildman–Crippen MR) is 100 cm³/mol. The van der Waals surface area contributed by atoms with Crippen molar-refractivity contribution in [1.82, 2.24) is 4.98 Å². The zero-order valence-electron chi connectivity index (χ0n) is 15.4. The lowest BCUT2D eigenvalue weighted by molar-refractivity contribution is -0.123. The summed E-state index contributed by atoms with van der Waals surface area (Å²) in [6.45, 7) is 11.0. The van der Waals surface area contributed by atoms with E-state index >= 15 is 0 Å². The number of amides is 1. The van der Waals surface area contributed by atoms with Crippen LogP contribution in [-0.4, -0.2) is 35.1 Å². The fraction of sp³-hybridized carbons (Fsp3) is 0.421. The Balaban J connectivity index is 2.54. The number of aromatic carboxylic acids is 1. The molecule has 2 rings (SSSR count). The molecule has 0 fully saturated rings. The number of carbonyl (C=O) groups is 2. The molecule has 6 heteroatoms. The Morgan fingerprint density at radius 2 is 1.80 bits per heavy atom. The number of hydrogen-bond donors (Lipinski definition) is 2. The molecule has 0 saturated carbocycles. The van der Waals surface area contributed by atoms with Crippen LogP contribution in [0.5, 0.6) is 0 Å². The lowest BCUT2D eigenvalue weighted by Gasteiger charge is -2.21. The topological polar surface area (TPSA) is 82.5 Å². The molecule has 0 saturated heterocycles. The van der Waals surface area contributed by atoms with Gasteiger partial charge >= 0.3 is 5.97 Å². The van der Waals surface area contributed by atoms with E-state index in [-0.39, 0.29) is 11.5 Å². The average molecular weight is 343 g/mol. The van der Waals surface area contributed by atoms with Crippen molar-refractivity contribution < 1.29 is 14.7 Å². The van der Waals surface area contributed by atoms with Gasteiger partial charge in [0, 0.05) is 29.6 Å². The van der Waals surface area contributed by atoms with E-state index in [9.17, 15) is 14.7 Å². The molecule has 6 nitrogen and oxygen atoms in total. The van der Waals surface area contributed by atoms with Crippen molar-refractivity contribution in [3.8, 4) is 0 Å². The van der Waals surface area contributed by atoms with Gasteiger partial charge in [-0.05, 0) is 38.1 Å². The summed E-state index contributed by atoms with van der Waals surface area (Å²) in [6, 6.07) is 6.75. The summed E-state index contributed by atoms with van der Waals surface area (Å²) in [6.07, 6.45) is 0. The van der Waals surface area contributed by atoms with Gasteiger partial charge < -0.3 is 15.3 Å². The van der Waals surface area contributed by atoms with Gasteiger partial charge in [0.05, 0.1) is 11.1 Å². The van der Waals surface area contributed by atoms with Crippen molar-refractivity contribution in [1.29, 1.82) is 0 Å². The molecular weight excluding hydrogens is 318 g/mol. The van der Waals surface area contributed by atoms with Gasteiger partial charge in [0.15, 0.2) is 0 Å². The summed E-state index contributed by atoms with van der Waals surface area (Å²) in [5.41, 5.74) is 0.803. The highest BCUT2D eigenvalue weighted by Crippen LogP contribution is 2.27. The zero-order chi connectivity index (χ0) is 18.8. The second-order valence-corrected chi connectivity index (χ2v) is 6.94.